The molecule has 0 aliphatic carbocycles. The van der Waals surface area contributed by atoms with Gasteiger partial charge in [-0.15, -0.1) is 0 Å². The van der Waals surface area contributed by atoms with Crippen LogP contribution in [0.3, 0.4) is 0 Å². The van der Waals surface area contributed by atoms with Gasteiger partial charge in [-0.3, -0.25) is 4.79 Å². The van der Waals surface area contributed by atoms with E-state index in [0.717, 1.165) is 54.4 Å². The van der Waals surface area contributed by atoms with E-state index >= 15 is 0 Å². The third-order valence-corrected chi connectivity index (χ3v) is 4.23. The lowest BCUT2D eigenvalue weighted by molar-refractivity contribution is -0.118. The Bertz CT molecular complexity index is 215. The van der Waals surface area contributed by atoms with Crippen molar-refractivity contribution in [1.82, 2.24) is 0 Å². The molecule has 3 nitrogen and oxygen atoms in total. The van der Waals surface area contributed by atoms with Gasteiger partial charge in [-0.05, 0) is 24.3 Å². The highest BCUT2D eigenvalue weighted by Crippen LogP contribution is 2.13. The molecule has 0 aromatic heterocycles. The third kappa shape index (κ3) is 6.10. The summed E-state index contributed by atoms with van der Waals surface area (Å²) in [6.45, 7) is 0. The van der Waals surface area contributed by atoms with Crippen LogP contribution in [-0.2, 0) is 4.79 Å². The molecule has 2 fully saturated rings. The highest BCUT2D eigenvalue weighted by atomic mass is 32.2. The monoisotopic (exact) mass is 247 g/mol. The molecule has 0 spiro atoms. The van der Waals surface area contributed by atoms with Crippen LogP contribution in [0, 0.1) is 0 Å². The first-order valence-corrected chi connectivity index (χ1v) is 7.51. The molecule has 15 heavy (non-hydrogen) atoms. The van der Waals surface area contributed by atoms with Gasteiger partial charge < -0.3 is 5.21 Å². The van der Waals surface area contributed by atoms with Crippen molar-refractivity contribution in [2.24, 2.45) is 5.16 Å². The first-order valence-electron chi connectivity index (χ1n) is 5.20. The fraction of sp³-hybridized carbons (Fsp3) is 0.800. The quantitative estimate of drug-likeness (QED) is 0.527. The summed E-state index contributed by atoms with van der Waals surface area (Å²) in [6, 6.07) is 0. The van der Waals surface area contributed by atoms with Gasteiger partial charge in [0.2, 0.25) is 0 Å². The van der Waals surface area contributed by atoms with E-state index in [1.807, 2.05) is 23.5 Å². The average Bonchev–Trinajstić information content (AvgIpc) is 2.32. The van der Waals surface area contributed by atoms with E-state index in [4.69, 9.17) is 5.21 Å². The third-order valence-electron chi connectivity index (χ3n) is 2.26. The summed E-state index contributed by atoms with van der Waals surface area (Å²) < 4.78 is 0. The second kappa shape index (κ2) is 8.05. The molecule has 2 heterocycles. The maximum atomic E-state index is 10.4. The molecule has 0 radical (unpaired) electrons. The number of nitrogens with zero attached hydrogens (tertiary/aromatic N) is 1. The fourth-order valence-corrected chi connectivity index (χ4v) is 3.22. The first kappa shape index (κ1) is 12.9. The van der Waals surface area contributed by atoms with Gasteiger partial charge in [-0.2, -0.15) is 23.5 Å². The Labute approximate surface area is 99.1 Å². The Morgan fingerprint density at radius 1 is 0.933 bits per heavy atom. The zero-order valence-electron chi connectivity index (χ0n) is 8.78. The van der Waals surface area contributed by atoms with E-state index < -0.39 is 0 Å². The van der Waals surface area contributed by atoms with Crippen molar-refractivity contribution < 1.29 is 10.0 Å². The van der Waals surface area contributed by atoms with E-state index in [1.165, 1.54) is 0 Å². The SMILES string of the molecule is O=C1CCSCC1.ON=C1CCSCC1. The van der Waals surface area contributed by atoms with Gasteiger partial charge in [-0.25, -0.2) is 0 Å². The molecule has 0 unspecified atom stereocenters. The molecule has 86 valence electrons. The summed E-state index contributed by atoms with van der Waals surface area (Å²) in [7, 11) is 0. The van der Waals surface area contributed by atoms with E-state index in [9.17, 15) is 4.79 Å². The Morgan fingerprint density at radius 3 is 1.67 bits per heavy atom. The van der Waals surface area contributed by atoms with Crippen molar-refractivity contribution in [2.45, 2.75) is 25.7 Å². The Morgan fingerprint density at radius 2 is 1.40 bits per heavy atom. The van der Waals surface area contributed by atoms with Crippen molar-refractivity contribution in [1.29, 1.82) is 0 Å². The number of Topliss-reactive ketones (excluding diaryl/α,β-unsaturated/α-hetero) is 1. The standard InChI is InChI=1S/C5H9NOS.C5H8OS/c7-6-5-1-3-8-4-2-5;6-5-1-3-7-4-2-5/h7H,1-4H2;1-4H2. The van der Waals surface area contributed by atoms with Crippen LogP contribution in [0.1, 0.15) is 25.7 Å². The van der Waals surface area contributed by atoms with Crippen LogP contribution in [0.25, 0.3) is 0 Å². The molecule has 2 saturated heterocycles. The zero-order valence-corrected chi connectivity index (χ0v) is 10.4. The van der Waals surface area contributed by atoms with Gasteiger partial charge in [0.25, 0.3) is 0 Å². The summed E-state index contributed by atoms with van der Waals surface area (Å²) in [5.41, 5.74) is 0.962. The van der Waals surface area contributed by atoms with Crippen LogP contribution < -0.4 is 0 Å². The number of carbonyl (C=O) groups is 1. The fourth-order valence-electron chi connectivity index (χ4n) is 1.31. The van der Waals surface area contributed by atoms with E-state index in [1.54, 1.807) is 0 Å². The van der Waals surface area contributed by atoms with Crippen molar-refractivity contribution in [3.63, 3.8) is 0 Å². The molecule has 2 aliphatic rings. The number of rotatable bonds is 0. The number of oxime groups is 1. The highest BCUT2D eigenvalue weighted by molar-refractivity contribution is 7.99. The topological polar surface area (TPSA) is 49.7 Å². The zero-order chi connectivity index (χ0) is 10.9. The Kier molecular flexibility index (Phi) is 6.92. The predicted octanol–water partition coefficient (Wildman–Crippen LogP) is 2.43. The number of hydrogen-bond acceptors (Lipinski definition) is 5. The minimum atomic E-state index is 0.443. The maximum absolute atomic E-state index is 10.4. The molecule has 0 bridgehead atoms. The summed E-state index contributed by atoms with van der Waals surface area (Å²) in [4.78, 5) is 10.4. The van der Waals surface area contributed by atoms with E-state index in [2.05, 4.69) is 5.16 Å². The van der Waals surface area contributed by atoms with Gasteiger partial charge in [0.05, 0.1) is 5.71 Å². The minimum Gasteiger partial charge on any atom is -0.411 e. The predicted molar refractivity (Wildman–Crippen MR) is 67.3 cm³/mol. The molecular formula is C10H17NO2S2. The number of ketones is 1. The minimum absolute atomic E-state index is 0.443. The lowest BCUT2D eigenvalue weighted by atomic mass is 10.2. The normalized spacial score (nSPS) is 21.6. The van der Waals surface area contributed by atoms with Crippen LogP contribution in [0.5, 0.6) is 0 Å². The summed E-state index contributed by atoms with van der Waals surface area (Å²) in [5, 5.41) is 11.4. The maximum Gasteiger partial charge on any atom is 0.134 e. The van der Waals surface area contributed by atoms with Crippen molar-refractivity contribution in [2.75, 3.05) is 23.0 Å². The average molecular weight is 247 g/mol. The molecule has 0 aromatic carbocycles. The molecule has 0 amide bonds. The summed E-state index contributed by atoms with van der Waals surface area (Å²) in [5.74, 6) is 4.80. The molecular weight excluding hydrogens is 230 g/mol. The molecule has 0 saturated carbocycles. The van der Waals surface area contributed by atoms with Crippen LogP contribution in [-0.4, -0.2) is 39.7 Å². The summed E-state index contributed by atoms with van der Waals surface area (Å²) in [6.07, 6.45) is 3.57. The van der Waals surface area contributed by atoms with Crippen molar-refractivity contribution >= 4 is 35.0 Å². The molecule has 5 heteroatoms. The summed E-state index contributed by atoms with van der Waals surface area (Å²) >= 11 is 3.80. The molecule has 1 N–H and O–H groups in total. The number of thioether (sulfide) groups is 2. The van der Waals surface area contributed by atoms with Gasteiger partial charge in [0.15, 0.2) is 0 Å². The molecule has 2 rings (SSSR count). The highest BCUT2D eigenvalue weighted by Gasteiger charge is 2.06. The molecule has 0 aromatic rings. The van der Waals surface area contributed by atoms with Gasteiger partial charge >= 0.3 is 0 Å². The Hall–Kier alpha value is -0.160. The van der Waals surface area contributed by atoms with Crippen LogP contribution in [0.15, 0.2) is 5.16 Å². The van der Waals surface area contributed by atoms with Gasteiger partial charge in [0, 0.05) is 24.3 Å². The van der Waals surface area contributed by atoms with Crippen LogP contribution >= 0.6 is 23.5 Å². The molecule has 0 atom stereocenters. The number of carbonyl (C=O) groups excluding carboxylic acids is 1. The second-order valence-electron chi connectivity index (χ2n) is 3.43. The largest absolute Gasteiger partial charge is 0.411 e. The lowest BCUT2D eigenvalue weighted by Crippen LogP contribution is -2.07. The smallest absolute Gasteiger partial charge is 0.134 e. The van der Waals surface area contributed by atoms with Gasteiger partial charge in [0.1, 0.15) is 5.78 Å². The first-order chi connectivity index (χ1) is 7.33. The second-order valence-corrected chi connectivity index (χ2v) is 5.88. The Balaban J connectivity index is 0.000000151. The van der Waals surface area contributed by atoms with Crippen molar-refractivity contribution in [3.05, 3.63) is 0 Å². The van der Waals surface area contributed by atoms with E-state index in [-0.39, 0.29) is 0 Å². The van der Waals surface area contributed by atoms with Crippen LogP contribution in [0.2, 0.25) is 0 Å². The van der Waals surface area contributed by atoms with Gasteiger partial charge in [-0.1, -0.05) is 5.16 Å². The van der Waals surface area contributed by atoms with Crippen molar-refractivity contribution in [3.8, 4) is 0 Å². The molecule has 2 aliphatic heterocycles. The van der Waals surface area contributed by atoms with Crippen LogP contribution in [0.4, 0.5) is 0 Å². The number of hydrogen-bond donors (Lipinski definition) is 1. The lowest BCUT2D eigenvalue weighted by Gasteiger charge is -2.08. The van der Waals surface area contributed by atoms with E-state index in [0.29, 0.717) is 5.78 Å².